The molecule has 0 heterocycles. The molecule has 0 atom stereocenters. The predicted molar refractivity (Wildman–Crippen MR) is 14.3 cm³/mol. The maximum atomic E-state index is 0. The van der Waals surface area contributed by atoms with E-state index in [1.54, 1.807) is 0 Å². The van der Waals surface area contributed by atoms with Gasteiger partial charge < -0.3 is 11.0 Å². The van der Waals surface area contributed by atoms with Gasteiger partial charge in [0, 0.05) is 0 Å². The number of rotatable bonds is 0. The van der Waals surface area contributed by atoms with E-state index in [2.05, 4.69) is 0 Å². The summed E-state index contributed by atoms with van der Waals surface area (Å²) in [5, 5.41) is 0. The summed E-state index contributed by atoms with van der Waals surface area (Å²) in [6.07, 6.45) is 0. The van der Waals surface area contributed by atoms with Crippen molar-refractivity contribution in [2.24, 2.45) is 0 Å². The van der Waals surface area contributed by atoms with Gasteiger partial charge in [0.15, 0.2) is 0 Å². The van der Waals surface area contributed by atoms with Crippen LogP contribution in [0.15, 0.2) is 0 Å². The van der Waals surface area contributed by atoms with Crippen LogP contribution in [-0.2, 0) is 27.4 Å². The fraction of sp³-hybridized carbons (Fsp3) is 0. The number of hydrogen-bond donors (Lipinski definition) is 0. The Bertz CT molecular complexity index is 9.61. The summed E-state index contributed by atoms with van der Waals surface area (Å²) >= 11 is 0. The molecule has 2 nitrogen and oxygen atoms in total. The average Bonchev–Trinajstić information content (AvgIpc) is 0. The maximum Gasteiger partial charge on any atom is 2.00 e. The summed E-state index contributed by atoms with van der Waals surface area (Å²) in [4.78, 5) is 0. The second-order valence-electron chi connectivity index (χ2n) is 0. The molecular weight excluding hydrogens is 122 g/mol. The molecule has 0 N–H and O–H groups in total. The summed E-state index contributed by atoms with van der Waals surface area (Å²) < 4.78 is 0. The van der Waals surface area contributed by atoms with E-state index in [-0.39, 0.29) is 69.4 Å². The van der Waals surface area contributed by atoms with E-state index in [0.29, 0.717) is 0 Å². The Balaban J connectivity index is 0. The molecule has 26 valence electrons. The summed E-state index contributed by atoms with van der Waals surface area (Å²) in [6, 6.07) is 0. The van der Waals surface area contributed by atoms with Crippen LogP contribution in [0.3, 0.4) is 0 Å². The van der Waals surface area contributed by atoms with Crippen LogP contribution in [0.2, 0.25) is 0 Å². The first kappa shape index (κ1) is 71.6. The van der Waals surface area contributed by atoms with E-state index in [1.165, 1.54) is 0 Å². The van der Waals surface area contributed by atoms with Gasteiger partial charge in [-0.25, -0.2) is 0 Å². The first-order valence-electron chi connectivity index (χ1n) is 0. The zero-order chi connectivity index (χ0) is 0. The first-order valence-corrected chi connectivity index (χ1v) is 0. The third kappa shape index (κ3) is 26.1. The second-order valence-corrected chi connectivity index (χ2v) is 0. The zero-order valence-corrected chi connectivity index (χ0v) is 4.24. The Hall–Kier alpha value is 1.78. The van der Waals surface area contributed by atoms with Crippen molar-refractivity contribution < 1.29 is 27.4 Å². The third-order valence-corrected chi connectivity index (χ3v) is 0. The Labute approximate surface area is 68.9 Å². The third-order valence-electron chi connectivity index (χ3n) is 0. The van der Waals surface area contributed by atoms with Gasteiger partial charge in [-0.2, -0.15) is 0 Å². The molecule has 0 unspecified atom stereocenters. The molecular formula is HLiMgNiO2. The molecule has 0 aromatic carbocycles. The molecule has 5 heavy (non-hydrogen) atoms. The van der Waals surface area contributed by atoms with E-state index in [0.717, 1.165) is 0 Å². The average molecular weight is 123 g/mol. The van der Waals surface area contributed by atoms with Crippen molar-refractivity contribution in [3.63, 3.8) is 0 Å². The molecule has 0 saturated heterocycles. The minimum Gasteiger partial charge on any atom is -2.00 e. The molecule has 0 amide bonds. The van der Waals surface area contributed by atoms with Crippen molar-refractivity contribution in [2.75, 3.05) is 0 Å². The Morgan fingerprint density at radius 2 is 0.800 bits per heavy atom. The molecule has 0 saturated carbocycles. The molecule has 0 aliphatic rings. The first-order chi connectivity index (χ1) is 0. The molecule has 0 spiro atoms. The summed E-state index contributed by atoms with van der Waals surface area (Å²) in [6.45, 7) is 0. The predicted octanol–water partition coefficient (Wildman–Crippen LogP) is -1.27. The van der Waals surface area contributed by atoms with Crippen molar-refractivity contribution in [3.8, 4) is 0 Å². The van der Waals surface area contributed by atoms with Gasteiger partial charge in [-0.15, -0.1) is 0 Å². The van der Waals surface area contributed by atoms with Crippen LogP contribution in [0.1, 0.15) is 0 Å². The van der Waals surface area contributed by atoms with Crippen molar-refractivity contribution in [3.05, 3.63) is 0 Å². The normalized spacial score (nSPS) is 0. The van der Waals surface area contributed by atoms with Crippen molar-refractivity contribution >= 4 is 41.9 Å². The molecule has 0 radical (unpaired) electrons. The van der Waals surface area contributed by atoms with Gasteiger partial charge in [0.2, 0.25) is 0 Å². The van der Waals surface area contributed by atoms with Crippen LogP contribution in [0.4, 0.5) is 0 Å². The Morgan fingerprint density at radius 1 is 0.800 bits per heavy atom. The van der Waals surface area contributed by atoms with Crippen LogP contribution < -0.4 is 0 Å². The second kappa shape index (κ2) is 41.7. The van der Waals surface area contributed by atoms with Crippen molar-refractivity contribution in [2.45, 2.75) is 0 Å². The molecule has 0 fully saturated rings. The van der Waals surface area contributed by atoms with E-state index in [1.807, 2.05) is 0 Å². The molecule has 0 rings (SSSR count). The topological polar surface area (TPSA) is 57.0 Å². The molecule has 0 aromatic rings. The van der Waals surface area contributed by atoms with Gasteiger partial charge in [0.1, 0.15) is 0 Å². The van der Waals surface area contributed by atoms with Gasteiger partial charge in [0.25, 0.3) is 0 Å². The van der Waals surface area contributed by atoms with E-state index in [9.17, 15) is 0 Å². The fourth-order valence-corrected chi connectivity index (χ4v) is 0. The Kier molecular flexibility index (Phi) is 598. The van der Waals surface area contributed by atoms with Crippen LogP contribution in [0, 0.1) is 0 Å². The zero-order valence-electron chi connectivity index (χ0n) is 1.84. The molecule has 0 aliphatic carbocycles. The van der Waals surface area contributed by atoms with E-state index < -0.39 is 0 Å². The van der Waals surface area contributed by atoms with Gasteiger partial charge >= 0.3 is 58.4 Å². The SMILES string of the molecule is [LiH].[Mg+2].[Ni+2].[O-2].[O-2]. The minimum atomic E-state index is 0. The quantitative estimate of drug-likeness (QED) is 0.360. The summed E-state index contributed by atoms with van der Waals surface area (Å²) in [7, 11) is 0. The number of hydrogen-bond acceptors (Lipinski definition) is 0. The molecule has 5 heteroatoms. The van der Waals surface area contributed by atoms with Gasteiger partial charge in [-0.1, -0.05) is 0 Å². The van der Waals surface area contributed by atoms with Gasteiger partial charge in [0.05, 0.1) is 0 Å². The molecule has 0 aromatic heterocycles. The summed E-state index contributed by atoms with van der Waals surface area (Å²) in [5.41, 5.74) is 0. The standard InChI is InChI=1S/Li.Mg.Ni.2O.H/q;2*+2;2*-2;. The monoisotopic (exact) mass is 122 g/mol. The van der Waals surface area contributed by atoms with Crippen molar-refractivity contribution in [1.82, 2.24) is 0 Å². The van der Waals surface area contributed by atoms with Crippen LogP contribution in [-0.4, -0.2) is 41.9 Å². The molecule has 0 bridgehead atoms. The largest absolute Gasteiger partial charge is 2.00 e. The van der Waals surface area contributed by atoms with Crippen molar-refractivity contribution in [1.29, 1.82) is 0 Å². The minimum absolute atomic E-state index is 0. The van der Waals surface area contributed by atoms with Crippen LogP contribution in [0.5, 0.6) is 0 Å². The summed E-state index contributed by atoms with van der Waals surface area (Å²) in [5.74, 6) is 0. The Morgan fingerprint density at radius 3 is 0.800 bits per heavy atom. The maximum absolute atomic E-state index is 0. The van der Waals surface area contributed by atoms with E-state index >= 15 is 0 Å². The van der Waals surface area contributed by atoms with E-state index in [4.69, 9.17) is 0 Å². The van der Waals surface area contributed by atoms with Crippen LogP contribution in [0.25, 0.3) is 0 Å². The molecule has 0 aliphatic heterocycles. The smallest absolute Gasteiger partial charge is 2.00 e. The van der Waals surface area contributed by atoms with Gasteiger partial charge in [-0.3, -0.25) is 0 Å². The van der Waals surface area contributed by atoms with Crippen LogP contribution >= 0.6 is 0 Å². The fourth-order valence-electron chi connectivity index (χ4n) is 0. The van der Waals surface area contributed by atoms with Gasteiger partial charge in [-0.05, 0) is 0 Å².